The molecule has 0 saturated carbocycles. The molecule has 4 aromatic rings. The van der Waals surface area contributed by atoms with Crippen LogP contribution in [-0.2, 0) is 32.0 Å². The Labute approximate surface area is 309 Å². The van der Waals surface area contributed by atoms with Crippen LogP contribution >= 0.6 is 11.6 Å². The van der Waals surface area contributed by atoms with Crippen molar-refractivity contribution in [3.8, 4) is 0 Å². The number of aryl methyl sites for hydroxylation is 1. The summed E-state index contributed by atoms with van der Waals surface area (Å²) < 4.78 is 17.7. The van der Waals surface area contributed by atoms with E-state index in [1.54, 1.807) is 36.4 Å². The number of methoxy groups -OCH3 is 4. The molecule has 4 N–H and O–H groups in total. The first kappa shape index (κ1) is 43.8. The Kier molecular flexibility index (Phi) is 21.6. The summed E-state index contributed by atoms with van der Waals surface area (Å²) >= 11 is 5.85. The molecule has 0 saturated heterocycles. The van der Waals surface area contributed by atoms with Gasteiger partial charge in [-0.1, -0.05) is 110 Å². The topological polar surface area (TPSA) is 153 Å². The molecule has 0 spiro atoms. The average Bonchev–Trinajstić information content (AvgIpc) is 3.18. The Balaban J connectivity index is 0.000000347. The number of hydrogen-bond donors (Lipinski definition) is 4. The van der Waals surface area contributed by atoms with Gasteiger partial charge in [0, 0.05) is 29.5 Å². The van der Waals surface area contributed by atoms with E-state index >= 15 is 0 Å². The van der Waals surface area contributed by atoms with Crippen molar-refractivity contribution in [3.05, 3.63) is 143 Å². The van der Waals surface area contributed by atoms with Gasteiger partial charge in [0.2, 0.25) is 0 Å². The third kappa shape index (κ3) is 19.1. The number of ether oxygens (including phenoxy) is 4. The van der Waals surface area contributed by atoms with E-state index in [1.165, 1.54) is 28.4 Å². The van der Waals surface area contributed by atoms with Crippen LogP contribution in [0.25, 0.3) is 12.2 Å². The van der Waals surface area contributed by atoms with Crippen LogP contribution in [0.4, 0.5) is 30.6 Å². The smallest absolute Gasteiger partial charge is 0.411 e. The highest BCUT2D eigenvalue weighted by Crippen LogP contribution is 2.20. The number of benzene rings is 4. The van der Waals surface area contributed by atoms with E-state index in [1.807, 2.05) is 79.7 Å². The minimum atomic E-state index is -0.500. The van der Waals surface area contributed by atoms with E-state index < -0.39 is 24.4 Å². The monoisotopic (exact) mass is 732 g/mol. The van der Waals surface area contributed by atoms with Gasteiger partial charge in [0.15, 0.2) is 0 Å². The number of carbonyl (C=O) groups excluding carboxylic acids is 4. The van der Waals surface area contributed by atoms with Gasteiger partial charge in [-0.25, -0.2) is 19.2 Å². The van der Waals surface area contributed by atoms with Gasteiger partial charge in [0.25, 0.3) is 0 Å². The second kappa shape index (κ2) is 25.7. The SMILES string of the molecule is C=Cc1ccc(CNC(=O)OC)cc1.C=Cc1ccc(NC(=O)OC)cc1.COC(=O)NCc1ccccc1.COC(=O)Nc1ccc(C)c(Cl)c1. The lowest BCUT2D eigenvalue weighted by atomic mass is 10.1. The van der Waals surface area contributed by atoms with Crippen LogP contribution in [0.5, 0.6) is 0 Å². The zero-order chi connectivity index (χ0) is 38.7. The number of alkyl carbamates (subject to hydrolysis) is 2. The molecule has 4 rings (SSSR count). The van der Waals surface area contributed by atoms with Crippen LogP contribution in [0.3, 0.4) is 0 Å². The van der Waals surface area contributed by atoms with Crippen molar-refractivity contribution < 1.29 is 38.1 Å². The van der Waals surface area contributed by atoms with Gasteiger partial charge in [-0.15, -0.1) is 0 Å². The molecule has 4 amide bonds. The summed E-state index contributed by atoms with van der Waals surface area (Å²) in [4.78, 5) is 43.0. The van der Waals surface area contributed by atoms with E-state index in [9.17, 15) is 19.2 Å². The van der Waals surface area contributed by atoms with Crippen LogP contribution in [0.1, 0.15) is 27.8 Å². The molecule has 0 unspecified atom stereocenters. The molecule has 0 aliphatic rings. The lowest BCUT2D eigenvalue weighted by Gasteiger charge is -2.04. The molecule has 0 heterocycles. The maximum atomic E-state index is 10.8. The Hall–Kier alpha value is -6.27. The first-order valence-electron chi connectivity index (χ1n) is 15.6. The third-order valence-corrected chi connectivity index (χ3v) is 6.89. The zero-order valence-corrected chi connectivity index (χ0v) is 30.6. The number of amides is 4. The summed E-state index contributed by atoms with van der Waals surface area (Å²) in [6.07, 6.45) is 1.72. The normalized spacial score (nSPS) is 9.19. The highest BCUT2D eigenvalue weighted by molar-refractivity contribution is 6.31. The molecule has 13 heteroatoms. The van der Waals surface area contributed by atoms with Crippen molar-refractivity contribution in [2.24, 2.45) is 0 Å². The molecule has 0 bridgehead atoms. The molecule has 0 aromatic heterocycles. The van der Waals surface area contributed by atoms with Gasteiger partial charge in [-0.05, 0) is 59.0 Å². The standard InChI is InChI=1S/C11H13NO2.C10H11NO2.C9H10ClNO2.C9H11NO2/c1-3-9-4-6-10(7-5-9)8-12-11(13)14-2;1-3-8-4-6-9(7-5-8)11-10(12)13-2;1-6-3-4-7(5-8(6)10)11-9(12)13-2;1-12-9(11)10-7-8-5-3-2-4-6-8/h3-7H,1,8H2,2H3,(H,12,13);3-7H,1H2,2H3,(H,11,12);3-5H,1-2H3,(H,11,12);2-6H,7H2,1H3,(H,10,11). The third-order valence-electron chi connectivity index (χ3n) is 6.48. The molecule has 0 fully saturated rings. The second-order valence-electron chi connectivity index (χ2n) is 10.1. The van der Waals surface area contributed by atoms with Gasteiger partial charge in [0.1, 0.15) is 0 Å². The first-order chi connectivity index (χ1) is 25.0. The molecule has 12 nitrogen and oxygen atoms in total. The van der Waals surface area contributed by atoms with Crippen molar-refractivity contribution in [1.29, 1.82) is 0 Å². The van der Waals surface area contributed by atoms with Gasteiger partial charge < -0.3 is 29.6 Å². The minimum absolute atomic E-state index is 0.404. The highest BCUT2D eigenvalue weighted by Gasteiger charge is 2.02. The Morgan fingerprint density at radius 1 is 0.577 bits per heavy atom. The fourth-order valence-corrected chi connectivity index (χ4v) is 3.75. The summed E-state index contributed by atoms with van der Waals surface area (Å²) in [6, 6.07) is 30.0. The predicted molar refractivity (Wildman–Crippen MR) is 206 cm³/mol. The number of nitrogens with one attached hydrogen (secondary N) is 4. The lowest BCUT2D eigenvalue weighted by molar-refractivity contribution is 0.169. The molecule has 4 aromatic carbocycles. The predicted octanol–water partition coefficient (Wildman–Crippen LogP) is 9.06. The molecular formula is C39H45ClN4O8. The fraction of sp³-hybridized carbons (Fsp3) is 0.179. The summed E-state index contributed by atoms with van der Waals surface area (Å²) in [5.74, 6) is 0. The summed E-state index contributed by atoms with van der Waals surface area (Å²) in [6.45, 7) is 10.2. The lowest BCUT2D eigenvalue weighted by Crippen LogP contribution is -2.22. The van der Waals surface area contributed by atoms with Gasteiger partial charge in [-0.3, -0.25) is 10.6 Å². The summed E-state index contributed by atoms with van der Waals surface area (Å²) in [7, 11) is 5.33. The van der Waals surface area contributed by atoms with E-state index in [0.29, 0.717) is 29.5 Å². The van der Waals surface area contributed by atoms with Crippen LogP contribution in [0.15, 0.2) is 110 Å². The Bertz CT molecular complexity index is 1700. The number of rotatable bonds is 8. The van der Waals surface area contributed by atoms with E-state index in [0.717, 1.165) is 27.8 Å². The van der Waals surface area contributed by atoms with Gasteiger partial charge in [0.05, 0.1) is 28.4 Å². The van der Waals surface area contributed by atoms with Crippen molar-refractivity contribution in [2.45, 2.75) is 20.0 Å². The first-order valence-corrected chi connectivity index (χ1v) is 15.9. The molecular weight excluding hydrogens is 688 g/mol. The number of halogens is 1. The van der Waals surface area contributed by atoms with Crippen LogP contribution < -0.4 is 21.3 Å². The number of anilines is 2. The molecule has 0 radical (unpaired) electrons. The zero-order valence-electron chi connectivity index (χ0n) is 29.9. The van der Waals surface area contributed by atoms with Crippen molar-refractivity contribution in [2.75, 3.05) is 39.1 Å². The van der Waals surface area contributed by atoms with Crippen LogP contribution in [0.2, 0.25) is 5.02 Å². The summed E-state index contributed by atoms with van der Waals surface area (Å²) in [5.41, 5.74) is 6.46. The second-order valence-corrected chi connectivity index (χ2v) is 10.6. The van der Waals surface area contributed by atoms with E-state index in [2.05, 4.69) is 53.4 Å². The molecule has 0 aliphatic heterocycles. The van der Waals surface area contributed by atoms with Gasteiger partial charge in [-0.2, -0.15) is 0 Å². The minimum Gasteiger partial charge on any atom is -0.453 e. The van der Waals surface area contributed by atoms with E-state index in [4.69, 9.17) is 11.6 Å². The number of hydrogen-bond acceptors (Lipinski definition) is 8. The van der Waals surface area contributed by atoms with Crippen molar-refractivity contribution in [3.63, 3.8) is 0 Å². The van der Waals surface area contributed by atoms with Crippen LogP contribution in [-0.4, -0.2) is 52.8 Å². The average molecular weight is 733 g/mol. The molecule has 0 atom stereocenters. The molecule has 0 aliphatic carbocycles. The molecule has 52 heavy (non-hydrogen) atoms. The van der Waals surface area contributed by atoms with Crippen molar-refractivity contribution >= 4 is 59.5 Å². The quantitative estimate of drug-likeness (QED) is 0.131. The van der Waals surface area contributed by atoms with Gasteiger partial charge >= 0.3 is 24.4 Å². The maximum absolute atomic E-state index is 10.8. The summed E-state index contributed by atoms with van der Waals surface area (Å²) in [5, 5.41) is 10.9. The number of carbonyl (C=O) groups is 4. The van der Waals surface area contributed by atoms with Crippen molar-refractivity contribution in [1.82, 2.24) is 10.6 Å². The fourth-order valence-electron chi connectivity index (χ4n) is 3.57. The highest BCUT2D eigenvalue weighted by atomic mass is 35.5. The molecule has 276 valence electrons. The Morgan fingerprint density at radius 3 is 1.40 bits per heavy atom. The maximum Gasteiger partial charge on any atom is 0.411 e. The Morgan fingerprint density at radius 2 is 0.981 bits per heavy atom. The van der Waals surface area contributed by atoms with E-state index in [-0.39, 0.29) is 0 Å². The van der Waals surface area contributed by atoms with Crippen LogP contribution in [0, 0.1) is 6.92 Å². The largest absolute Gasteiger partial charge is 0.453 e.